The van der Waals surface area contributed by atoms with Crippen LogP contribution in [0.2, 0.25) is 10.0 Å². The summed E-state index contributed by atoms with van der Waals surface area (Å²) >= 11 is 12.1. The Balaban J connectivity index is 2.20. The van der Waals surface area contributed by atoms with Crippen molar-refractivity contribution in [2.24, 2.45) is 0 Å². The van der Waals surface area contributed by atoms with Gasteiger partial charge in [0, 0.05) is 13.6 Å². The summed E-state index contributed by atoms with van der Waals surface area (Å²) in [7, 11) is 1.55. The molecule has 0 saturated heterocycles. The van der Waals surface area contributed by atoms with Gasteiger partial charge in [-0.15, -0.1) is 0 Å². The predicted octanol–water partition coefficient (Wildman–Crippen LogP) is 4.23. The van der Waals surface area contributed by atoms with Crippen molar-refractivity contribution >= 4 is 35.0 Å². The number of nitrogens with zero attached hydrogens (tertiary/aromatic N) is 1. The van der Waals surface area contributed by atoms with Gasteiger partial charge < -0.3 is 15.0 Å². The van der Waals surface area contributed by atoms with Gasteiger partial charge in [-0.1, -0.05) is 53.9 Å². The van der Waals surface area contributed by atoms with E-state index in [1.807, 2.05) is 38.1 Å². The van der Waals surface area contributed by atoms with Crippen molar-refractivity contribution in [3.05, 3.63) is 63.6 Å². The highest BCUT2D eigenvalue weighted by molar-refractivity contribution is 6.42. The minimum absolute atomic E-state index is 0.169. The third kappa shape index (κ3) is 5.88. The maximum absolute atomic E-state index is 12.9. The monoisotopic (exact) mass is 422 g/mol. The smallest absolute Gasteiger partial charge is 0.261 e. The number of benzene rings is 2. The van der Waals surface area contributed by atoms with E-state index < -0.39 is 6.04 Å². The second kappa shape index (κ2) is 10.3. The molecule has 0 spiro atoms. The third-order valence-corrected chi connectivity index (χ3v) is 5.09. The van der Waals surface area contributed by atoms with E-state index in [2.05, 4.69) is 5.32 Å². The second-order valence-corrected chi connectivity index (χ2v) is 7.22. The molecule has 0 saturated carbocycles. The summed E-state index contributed by atoms with van der Waals surface area (Å²) in [6.45, 7) is 3.88. The van der Waals surface area contributed by atoms with E-state index in [0.717, 1.165) is 11.1 Å². The van der Waals surface area contributed by atoms with Crippen molar-refractivity contribution in [3.63, 3.8) is 0 Å². The molecule has 0 fully saturated rings. The molecule has 1 N–H and O–H groups in total. The Hall–Kier alpha value is -2.24. The largest absolute Gasteiger partial charge is 0.484 e. The van der Waals surface area contributed by atoms with Crippen molar-refractivity contribution in [3.8, 4) is 5.75 Å². The molecule has 0 unspecified atom stereocenters. The van der Waals surface area contributed by atoms with Gasteiger partial charge in [-0.2, -0.15) is 0 Å². The lowest BCUT2D eigenvalue weighted by Gasteiger charge is -2.30. The molecule has 2 aromatic rings. The van der Waals surface area contributed by atoms with Crippen LogP contribution in [0.4, 0.5) is 0 Å². The quantitative estimate of drug-likeness (QED) is 0.691. The number of hydrogen-bond acceptors (Lipinski definition) is 3. The van der Waals surface area contributed by atoms with Crippen molar-refractivity contribution in [2.45, 2.75) is 32.9 Å². The fourth-order valence-electron chi connectivity index (χ4n) is 2.78. The van der Waals surface area contributed by atoms with Crippen LogP contribution in [-0.2, 0) is 16.1 Å². The molecule has 0 aromatic heterocycles. The lowest BCUT2D eigenvalue weighted by Crippen LogP contribution is -2.49. The van der Waals surface area contributed by atoms with Crippen molar-refractivity contribution in [1.82, 2.24) is 10.2 Å². The van der Waals surface area contributed by atoms with Crippen molar-refractivity contribution in [2.75, 3.05) is 13.7 Å². The average Bonchev–Trinajstić information content (AvgIpc) is 2.69. The Labute approximate surface area is 175 Å². The summed E-state index contributed by atoms with van der Waals surface area (Å²) in [6, 6.07) is 12.0. The first-order chi connectivity index (χ1) is 13.3. The van der Waals surface area contributed by atoms with Crippen LogP contribution in [0, 0.1) is 6.92 Å². The van der Waals surface area contributed by atoms with E-state index >= 15 is 0 Å². The van der Waals surface area contributed by atoms with E-state index in [0.29, 0.717) is 22.2 Å². The van der Waals surface area contributed by atoms with Gasteiger partial charge in [0.2, 0.25) is 5.91 Å². The standard InChI is InChI=1S/C21H24Cl2N2O3/c1-4-19(21(27)24-3)25(12-15-7-10-17(22)18(23)11-15)20(26)13-28-16-8-5-14(2)6-9-16/h5-11,19H,4,12-13H2,1-3H3,(H,24,27)/t19-/m0/s1. The summed E-state index contributed by atoms with van der Waals surface area (Å²) in [6.07, 6.45) is 0.470. The number of ether oxygens (including phenoxy) is 1. The molecule has 2 rings (SSSR count). The van der Waals surface area contributed by atoms with Gasteiger partial charge in [-0.25, -0.2) is 0 Å². The molecule has 1 atom stereocenters. The number of carbonyl (C=O) groups excluding carboxylic acids is 2. The van der Waals surface area contributed by atoms with Crippen LogP contribution < -0.4 is 10.1 Å². The number of hydrogen-bond donors (Lipinski definition) is 1. The van der Waals surface area contributed by atoms with Gasteiger partial charge in [0.25, 0.3) is 5.91 Å². The number of amides is 2. The van der Waals surface area contributed by atoms with Crippen LogP contribution in [0.5, 0.6) is 5.75 Å². The van der Waals surface area contributed by atoms with Crippen LogP contribution in [0.3, 0.4) is 0 Å². The van der Waals surface area contributed by atoms with Crippen LogP contribution in [-0.4, -0.2) is 36.4 Å². The molecule has 150 valence electrons. The van der Waals surface area contributed by atoms with E-state index in [9.17, 15) is 9.59 Å². The maximum atomic E-state index is 12.9. The zero-order valence-electron chi connectivity index (χ0n) is 16.2. The highest BCUT2D eigenvalue weighted by atomic mass is 35.5. The molecule has 5 nitrogen and oxygen atoms in total. The Bertz CT molecular complexity index is 825. The molecular formula is C21H24Cl2N2O3. The molecule has 2 amide bonds. The summed E-state index contributed by atoms with van der Waals surface area (Å²) in [5.74, 6) is 0.0785. The Morgan fingerprint density at radius 2 is 1.79 bits per heavy atom. The number of nitrogens with one attached hydrogen (secondary N) is 1. The fraction of sp³-hybridized carbons (Fsp3) is 0.333. The normalized spacial score (nSPS) is 11.6. The van der Waals surface area contributed by atoms with Crippen LogP contribution in [0.1, 0.15) is 24.5 Å². The van der Waals surface area contributed by atoms with Gasteiger partial charge in [0.1, 0.15) is 11.8 Å². The molecule has 0 heterocycles. The predicted molar refractivity (Wildman–Crippen MR) is 112 cm³/mol. The number of likely N-dealkylation sites (N-methyl/N-ethyl adjacent to an activating group) is 1. The summed E-state index contributed by atoms with van der Waals surface area (Å²) in [5, 5.41) is 3.45. The van der Waals surface area contributed by atoms with Crippen LogP contribution in [0.15, 0.2) is 42.5 Å². The first-order valence-corrected chi connectivity index (χ1v) is 9.75. The first kappa shape index (κ1) is 22.1. The van der Waals surface area contributed by atoms with Gasteiger partial charge >= 0.3 is 0 Å². The number of rotatable bonds is 8. The minimum Gasteiger partial charge on any atom is -0.484 e. The van der Waals surface area contributed by atoms with E-state index in [1.165, 1.54) is 4.90 Å². The van der Waals surface area contributed by atoms with Crippen molar-refractivity contribution < 1.29 is 14.3 Å². The third-order valence-electron chi connectivity index (χ3n) is 4.35. The molecule has 7 heteroatoms. The lowest BCUT2D eigenvalue weighted by molar-refractivity contribution is -0.142. The average molecular weight is 423 g/mol. The molecule has 0 aliphatic carbocycles. The SMILES string of the molecule is CC[C@@H](C(=O)NC)N(Cc1ccc(Cl)c(Cl)c1)C(=O)COc1ccc(C)cc1. The number of carbonyl (C=O) groups is 2. The Kier molecular flexibility index (Phi) is 8.15. The molecular weight excluding hydrogens is 399 g/mol. The molecule has 2 aromatic carbocycles. The van der Waals surface area contributed by atoms with E-state index in [1.54, 1.807) is 25.2 Å². The first-order valence-electron chi connectivity index (χ1n) is 9.00. The molecule has 0 bridgehead atoms. The van der Waals surface area contributed by atoms with Crippen LogP contribution >= 0.6 is 23.2 Å². The molecule has 0 radical (unpaired) electrons. The van der Waals surface area contributed by atoms with Gasteiger partial charge in [0.05, 0.1) is 10.0 Å². The van der Waals surface area contributed by atoms with E-state index in [4.69, 9.17) is 27.9 Å². The maximum Gasteiger partial charge on any atom is 0.261 e. The minimum atomic E-state index is -0.617. The zero-order valence-corrected chi connectivity index (χ0v) is 17.7. The summed E-state index contributed by atoms with van der Waals surface area (Å²) in [4.78, 5) is 26.7. The number of halogens is 2. The summed E-state index contributed by atoms with van der Waals surface area (Å²) < 4.78 is 5.62. The summed E-state index contributed by atoms with van der Waals surface area (Å²) in [5.41, 5.74) is 1.88. The van der Waals surface area contributed by atoms with Gasteiger partial charge in [-0.05, 0) is 43.2 Å². The van der Waals surface area contributed by atoms with Crippen molar-refractivity contribution in [1.29, 1.82) is 0 Å². The lowest BCUT2D eigenvalue weighted by atomic mass is 10.1. The zero-order chi connectivity index (χ0) is 20.7. The second-order valence-electron chi connectivity index (χ2n) is 6.41. The molecule has 0 aliphatic heterocycles. The number of aryl methyl sites for hydroxylation is 1. The molecule has 0 aliphatic rings. The van der Waals surface area contributed by atoms with E-state index in [-0.39, 0.29) is 25.0 Å². The molecule has 28 heavy (non-hydrogen) atoms. The van der Waals surface area contributed by atoms with Gasteiger partial charge in [-0.3, -0.25) is 9.59 Å². The topological polar surface area (TPSA) is 58.6 Å². The van der Waals surface area contributed by atoms with Gasteiger partial charge in [0.15, 0.2) is 6.61 Å². The highest BCUT2D eigenvalue weighted by Gasteiger charge is 2.28. The van der Waals surface area contributed by atoms with Crippen LogP contribution in [0.25, 0.3) is 0 Å². The Morgan fingerprint density at radius 1 is 1.11 bits per heavy atom. The Morgan fingerprint density at radius 3 is 2.36 bits per heavy atom. The highest BCUT2D eigenvalue weighted by Crippen LogP contribution is 2.24. The fourth-order valence-corrected chi connectivity index (χ4v) is 3.10.